The zero-order valence-corrected chi connectivity index (χ0v) is 21.3. The normalized spacial score (nSPS) is 10.8. The highest BCUT2D eigenvalue weighted by Crippen LogP contribution is 2.13. The lowest BCUT2D eigenvalue weighted by Crippen LogP contribution is -1.85. The highest BCUT2D eigenvalue weighted by Gasteiger charge is 1.94. The number of hydrogen-bond acceptors (Lipinski definition) is 2. The molecule has 0 aliphatic carbocycles. The molecule has 0 atom stereocenters. The van der Waals surface area contributed by atoms with Crippen molar-refractivity contribution in [3.8, 4) is 0 Å². The summed E-state index contributed by atoms with van der Waals surface area (Å²) in [6, 6.07) is 0. The minimum atomic E-state index is 0.370. The van der Waals surface area contributed by atoms with Crippen molar-refractivity contribution in [1.82, 2.24) is 0 Å². The molecule has 0 radical (unpaired) electrons. The molecule has 0 saturated heterocycles. The Morgan fingerprint density at radius 1 is 0.267 bits per heavy atom. The first-order valence-corrected chi connectivity index (χ1v) is 14.0. The van der Waals surface area contributed by atoms with Crippen molar-refractivity contribution >= 4 is 0 Å². The molecule has 0 aromatic heterocycles. The molecule has 2 N–H and O–H groups in total. The maximum Gasteiger partial charge on any atom is 0.0431 e. The molecule has 2 nitrogen and oxygen atoms in total. The number of aliphatic hydroxyl groups excluding tert-OH is 2. The van der Waals surface area contributed by atoms with Gasteiger partial charge in [0.1, 0.15) is 0 Å². The number of aliphatic hydroxyl groups is 2. The minimum Gasteiger partial charge on any atom is -0.396 e. The molecule has 30 heavy (non-hydrogen) atoms. The van der Waals surface area contributed by atoms with E-state index in [9.17, 15) is 0 Å². The summed E-state index contributed by atoms with van der Waals surface area (Å²) >= 11 is 0. The Kier molecular flexibility index (Phi) is 35.9. The first-order valence-electron chi connectivity index (χ1n) is 14.0. The van der Waals surface area contributed by atoms with Crippen molar-refractivity contribution in [3.05, 3.63) is 0 Å². The molecule has 184 valence electrons. The van der Waals surface area contributed by atoms with Crippen molar-refractivity contribution in [2.75, 3.05) is 13.2 Å². The lowest BCUT2D eigenvalue weighted by atomic mass is 10.0. The summed E-state index contributed by atoms with van der Waals surface area (Å²) in [4.78, 5) is 0. The van der Waals surface area contributed by atoms with E-state index in [4.69, 9.17) is 10.2 Å². The van der Waals surface area contributed by atoms with Gasteiger partial charge in [-0.05, 0) is 12.8 Å². The Morgan fingerprint density at radius 3 is 0.600 bits per heavy atom. The highest BCUT2D eigenvalue weighted by molar-refractivity contribution is 4.49. The van der Waals surface area contributed by atoms with Gasteiger partial charge in [-0.1, -0.05) is 155 Å². The molecule has 0 bridgehead atoms. The summed E-state index contributed by atoms with van der Waals surface area (Å²) in [5, 5.41) is 17.2. The fourth-order valence-electron chi connectivity index (χ4n) is 3.91. The Bertz CT molecular complexity index is 231. The largest absolute Gasteiger partial charge is 0.396 e. The van der Waals surface area contributed by atoms with Gasteiger partial charge in [0.2, 0.25) is 0 Å². The van der Waals surface area contributed by atoms with Crippen LogP contribution in [0.25, 0.3) is 0 Å². The fourth-order valence-corrected chi connectivity index (χ4v) is 3.91. The van der Waals surface area contributed by atoms with Gasteiger partial charge in [-0.15, -0.1) is 0 Å². The highest BCUT2D eigenvalue weighted by atomic mass is 16.3. The van der Waals surface area contributed by atoms with E-state index in [2.05, 4.69) is 13.8 Å². The third-order valence-electron chi connectivity index (χ3n) is 6.02. The maximum atomic E-state index is 8.67. The van der Waals surface area contributed by atoms with Gasteiger partial charge < -0.3 is 10.2 Å². The lowest BCUT2D eigenvalue weighted by Gasteiger charge is -2.03. The van der Waals surface area contributed by atoms with Crippen molar-refractivity contribution in [3.63, 3.8) is 0 Å². The van der Waals surface area contributed by atoms with Crippen LogP contribution in [0, 0.1) is 0 Å². The zero-order valence-electron chi connectivity index (χ0n) is 21.3. The van der Waals surface area contributed by atoms with Gasteiger partial charge in [-0.25, -0.2) is 0 Å². The average Bonchev–Trinajstić information content (AvgIpc) is 2.76. The van der Waals surface area contributed by atoms with Gasteiger partial charge in [0, 0.05) is 13.2 Å². The second kappa shape index (κ2) is 33.6. The van der Waals surface area contributed by atoms with E-state index in [1.165, 1.54) is 141 Å². The van der Waals surface area contributed by atoms with E-state index in [1.54, 1.807) is 0 Å². The quantitative estimate of drug-likeness (QED) is 0.150. The fraction of sp³-hybridized carbons (Fsp3) is 1.00. The molecule has 0 heterocycles. The molecule has 0 aromatic carbocycles. The minimum absolute atomic E-state index is 0.370. The molecule has 0 unspecified atom stereocenters. The molecule has 2 heteroatoms. The second-order valence-electron chi connectivity index (χ2n) is 9.23. The van der Waals surface area contributed by atoms with Crippen LogP contribution in [-0.2, 0) is 0 Å². The number of unbranched alkanes of at least 4 members (excludes halogenated alkanes) is 22. The van der Waals surface area contributed by atoms with Crippen LogP contribution in [0.1, 0.15) is 168 Å². The molecule has 0 aliphatic rings. The van der Waals surface area contributed by atoms with E-state index in [0.29, 0.717) is 13.2 Å². The Balaban J connectivity index is 0. The predicted molar refractivity (Wildman–Crippen MR) is 136 cm³/mol. The van der Waals surface area contributed by atoms with Gasteiger partial charge in [-0.3, -0.25) is 0 Å². The summed E-state index contributed by atoms with van der Waals surface area (Å²) < 4.78 is 0. The third kappa shape index (κ3) is 35.4. The first kappa shape index (κ1) is 32.1. The standard InChI is InChI=1S/C18H38O.C10H22O/c1-2-3-4-5-6-7-8-9-10-11-12-13-14-15-16-17-18-19;1-2-3-4-5-6-7-8-9-10-11/h19H,2-18H2,1H3;11H,2-10H2,1H3. The SMILES string of the molecule is CCCCCCCCCCCCCCCCCCO.CCCCCCCCCCO. The van der Waals surface area contributed by atoms with Crippen molar-refractivity contribution in [2.45, 2.75) is 168 Å². The number of rotatable bonds is 24. The summed E-state index contributed by atoms with van der Waals surface area (Å²) in [5.41, 5.74) is 0. The predicted octanol–water partition coefficient (Wildman–Crippen LogP) is 9.36. The van der Waals surface area contributed by atoms with Gasteiger partial charge in [0.15, 0.2) is 0 Å². The van der Waals surface area contributed by atoms with Gasteiger partial charge in [0.05, 0.1) is 0 Å². The molecule has 0 spiro atoms. The Morgan fingerprint density at radius 2 is 0.433 bits per heavy atom. The number of hydrogen-bond donors (Lipinski definition) is 2. The van der Waals surface area contributed by atoms with E-state index >= 15 is 0 Å². The molecule has 0 fully saturated rings. The van der Waals surface area contributed by atoms with E-state index in [1.807, 2.05) is 0 Å². The summed E-state index contributed by atoms with van der Waals surface area (Å²) in [5.74, 6) is 0. The Hall–Kier alpha value is -0.0800. The molecule has 0 amide bonds. The van der Waals surface area contributed by atoms with E-state index in [0.717, 1.165) is 12.8 Å². The van der Waals surface area contributed by atoms with Crippen LogP contribution in [0.2, 0.25) is 0 Å². The summed E-state index contributed by atoms with van der Waals surface area (Å²) in [6.07, 6.45) is 32.6. The summed E-state index contributed by atoms with van der Waals surface area (Å²) in [7, 11) is 0. The topological polar surface area (TPSA) is 40.5 Å². The summed E-state index contributed by atoms with van der Waals surface area (Å²) in [6.45, 7) is 5.27. The van der Waals surface area contributed by atoms with Crippen LogP contribution in [0.4, 0.5) is 0 Å². The molecular weight excluding hydrogens is 368 g/mol. The molecule has 0 aliphatic heterocycles. The molecule has 0 rings (SSSR count). The van der Waals surface area contributed by atoms with Crippen LogP contribution in [0.3, 0.4) is 0 Å². The van der Waals surface area contributed by atoms with Crippen molar-refractivity contribution in [2.24, 2.45) is 0 Å². The van der Waals surface area contributed by atoms with Crippen molar-refractivity contribution in [1.29, 1.82) is 0 Å². The van der Waals surface area contributed by atoms with Gasteiger partial charge >= 0.3 is 0 Å². The molecule has 0 saturated carbocycles. The Labute approximate surface area is 191 Å². The van der Waals surface area contributed by atoms with Crippen LogP contribution in [0.15, 0.2) is 0 Å². The van der Waals surface area contributed by atoms with E-state index < -0.39 is 0 Å². The van der Waals surface area contributed by atoms with Crippen LogP contribution >= 0.6 is 0 Å². The lowest BCUT2D eigenvalue weighted by molar-refractivity contribution is 0.282. The smallest absolute Gasteiger partial charge is 0.0431 e. The van der Waals surface area contributed by atoms with Crippen molar-refractivity contribution < 1.29 is 10.2 Å². The third-order valence-corrected chi connectivity index (χ3v) is 6.02. The zero-order chi connectivity index (χ0) is 22.4. The monoisotopic (exact) mass is 428 g/mol. The van der Waals surface area contributed by atoms with E-state index in [-0.39, 0.29) is 0 Å². The second-order valence-corrected chi connectivity index (χ2v) is 9.23. The molecular formula is C28H60O2. The molecule has 0 aromatic rings. The first-order chi connectivity index (χ1) is 14.8. The maximum absolute atomic E-state index is 8.67. The van der Waals surface area contributed by atoms with Gasteiger partial charge in [0.25, 0.3) is 0 Å². The van der Waals surface area contributed by atoms with Crippen LogP contribution in [-0.4, -0.2) is 23.4 Å². The van der Waals surface area contributed by atoms with Crippen LogP contribution < -0.4 is 0 Å². The van der Waals surface area contributed by atoms with Crippen LogP contribution in [0.5, 0.6) is 0 Å². The van der Waals surface area contributed by atoms with Gasteiger partial charge in [-0.2, -0.15) is 0 Å². The average molecular weight is 429 g/mol.